The van der Waals surface area contributed by atoms with Gasteiger partial charge in [0.05, 0.1) is 24.7 Å². The Bertz CT molecular complexity index is 1090. The highest BCUT2D eigenvalue weighted by atomic mass is 16.5. The number of nitrogens with zero attached hydrogens (tertiary/aromatic N) is 2. The van der Waals surface area contributed by atoms with Crippen molar-refractivity contribution >= 4 is 16.7 Å². The van der Waals surface area contributed by atoms with Crippen LogP contribution >= 0.6 is 0 Å². The van der Waals surface area contributed by atoms with E-state index in [2.05, 4.69) is 10.3 Å². The molecule has 5 heteroatoms. The maximum atomic E-state index is 12.8. The summed E-state index contributed by atoms with van der Waals surface area (Å²) < 4.78 is 7.36. The van der Waals surface area contributed by atoms with Crippen LogP contribution in [0.15, 0.2) is 79.4 Å². The summed E-state index contributed by atoms with van der Waals surface area (Å²) in [4.78, 5) is 16.9. The number of benzene rings is 3. The molecule has 1 aromatic heterocycles. The number of amides is 1. The van der Waals surface area contributed by atoms with Gasteiger partial charge in [-0.25, -0.2) is 4.98 Å². The molecular weight excluding hydrogens is 338 g/mol. The second kappa shape index (κ2) is 7.33. The third-order valence-corrected chi connectivity index (χ3v) is 4.53. The fourth-order valence-electron chi connectivity index (χ4n) is 3.15. The number of carbonyl (C=O) groups excluding carboxylic acids is 1. The summed E-state index contributed by atoms with van der Waals surface area (Å²) >= 11 is 0. The predicted octanol–water partition coefficient (Wildman–Crippen LogP) is 3.96. The van der Waals surface area contributed by atoms with Gasteiger partial charge in [0.2, 0.25) is 0 Å². The van der Waals surface area contributed by atoms with Crippen molar-refractivity contribution in [3.8, 4) is 11.4 Å². The molecule has 0 aliphatic rings. The lowest BCUT2D eigenvalue weighted by Gasteiger charge is -2.13. The average molecular weight is 357 g/mol. The van der Waals surface area contributed by atoms with Gasteiger partial charge in [-0.15, -0.1) is 0 Å². The van der Waals surface area contributed by atoms with Crippen LogP contribution in [-0.4, -0.2) is 22.6 Å². The molecule has 0 saturated heterocycles. The fraction of sp³-hybridized carbons (Fsp3) is 0.0909. The van der Waals surface area contributed by atoms with Crippen molar-refractivity contribution in [2.24, 2.45) is 0 Å². The second-order valence-electron chi connectivity index (χ2n) is 6.18. The van der Waals surface area contributed by atoms with Gasteiger partial charge in [-0.05, 0) is 34.5 Å². The number of methoxy groups -OCH3 is 1. The van der Waals surface area contributed by atoms with Gasteiger partial charge in [-0.3, -0.25) is 4.79 Å². The molecule has 134 valence electrons. The zero-order valence-electron chi connectivity index (χ0n) is 14.9. The van der Waals surface area contributed by atoms with Crippen molar-refractivity contribution in [3.05, 3.63) is 90.5 Å². The maximum Gasteiger partial charge on any atom is 0.255 e. The SMILES string of the molecule is COc1cc2ccccc2cc1C(=O)NCc1ccccc1-n1ccnc1. The van der Waals surface area contributed by atoms with Crippen molar-refractivity contribution in [1.29, 1.82) is 0 Å². The van der Waals surface area contributed by atoms with Crippen LogP contribution in [0.5, 0.6) is 5.75 Å². The van der Waals surface area contributed by atoms with E-state index in [9.17, 15) is 4.79 Å². The van der Waals surface area contributed by atoms with Crippen LogP contribution in [0, 0.1) is 0 Å². The van der Waals surface area contributed by atoms with Crippen LogP contribution in [0.1, 0.15) is 15.9 Å². The molecule has 1 N–H and O–H groups in total. The highest BCUT2D eigenvalue weighted by molar-refractivity contribution is 6.01. The van der Waals surface area contributed by atoms with E-state index >= 15 is 0 Å². The van der Waals surface area contributed by atoms with Gasteiger partial charge in [-0.2, -0.15) is 0 Å². The standard InChI is InChI=1S/C22H19N3O2/c1-27-21-13-17-7-3-2-6-16(17)12-19(21)22(26)24-14-18-8-4-5-9-20(18)25-11-10-23-15-25/h2-13,15H,14H2,1H3,(H,24,26). The summed E-state index contributed by atoms with van der Waals surface area (Å²) in [5.41, 5.74) is 2.51. The molecule has 1 heterocycles. The number of hydrogen-bond donors (Lipinski definition) is 1. The van der Waals surface area contributed by atoms with E-state index in [4.69, 9.17) is 4.74 Å². The minimum atomic E-state index is -0.168. The Balaban J connectivity index is 1.60. The summed E-state index contributed by atoms with van der Waals surface area (Å²) in [7, 11) is 1.58. The molecule has 3 aromatic carbocycles. The molecule has 0 spiro atoms. The van der Waals surface area contributed by atoms with Gasteiger partial charge >= 0.3 is 0 Å². The van der Waals surface area contributed by atoms with E-state index in [0.29, 0.717) is 17.9 Å². The van der Waals surface area contributed by atoms with E-state index < -0.39 is 0 Å². The number of ether oxygens (including phenoxy) is 1. The first-order valence-electron chi connectivity index (χ1n) is 8.67. The van der Waals surface area contributed by atoms with Gasteiger partial charge in [0.15, 0.2) is 0 Å². The molecule has 0 aliphatic carbocycles. The number of nitrogens with one attached hydrogen (secondary N) is 1. The molecule has 0 unspecified atom stereocenters. The first kappa shape index (κ1) is 16.8. The summed E-state index contributed by atoms with van der Waals surface area (Å²) in [5, 5.41) is 5.04. The van der Waals surface area contributed by atoms with Crippen molar-refractivity contribution in [3.63, 3.8) is 0 Å². The zero-order valence-corrected chi connectivity index (χ0v) is 14.9. The van der Waals surface area contributed by atoms with Crippen molar-refractivity contribution in [1.82, 2.24) is 14.9 Å². The average Bonchev–Trinajstić information content (AvgIpc) is 3.26. The summed E-state index contributed by atoms with van der Waals surface area (Å²) in [6, 6.07) is 19.6. The zero-order chi connectivity index (χ0) is 18.6. The lowest BCUT2D eigenvalue weighted by atomic mass is 10.1. The summed E-state index contributed by atoms with van der Waals surface area (Å²) in [6.07, 6.45) is 5.36. The first-order chi connectivity index (χ1) is 13.3. The Labute approximate surface area is 157 Å². The second-order valence-corrected chi connectivity index (χ2v) is 6.18. The third-order valence-electron chi connectivity index (χ3n) is 4.53. The van der Waals surface area contributed by atoms with Gasteiger partial charge in [0.1, 0.15) is 5.75 Å². The quantitative estimate of drug-likeness (QED) is 0.588. The van der Waals surface area contributed by atoms with E-state index in [0.717, 1.165) is 22.0 Å². The van der Waals surface area contributed by atoms with Crippen LogP contribution < -0.4 is 10.1 Å². The normalized spacial score (nSPS) is 10.7. The van der Waals surface area contributed by atoms with Crippen molar-refractivity contribution < 1.29 is 9.53 Å². The number of aromatic nitrogens is 2. The van der Waals surface area contributed by atoms with E-state index in [-0.39, 0.29) is 5.91 Å². The van der Waals surface area contributed by atoms with Crippen molar-refractivity contribution in [2.75, 3.05) is 7.11 Å². The third kappa shape index (κ3) is 3.40. The first-order valence-corrected chi connectivity index (χ1v) is 8.67. The number of fused-ring (bicyclic) bond motifs is 1. The van der Waals surface area contributed by atoms with Crippen molar-refractivity contribution in [2.45, 2.75) is 6.54 Å². The van der Waals surface area contributed by atoms with Crippen LogP contribution in [0.4, 0.5) is 0 Å². The van der Waals surface area contributed by atoms with Gasteiger partial charge in [0, 0.05) is 18.9 Å². The molecule has 0 aliphatic heterocycles. The van der Waals surface area contributed by atoms with Crippen LogP contribution in [0.2, 0.25) is 0 Å². The lowest BCUT2D eigenvalue weighted by Crippen LogP contribution is -2.24. The molecule has 4 rings (SSSR count). The van der Waals surface area contributed by atoms with E-state index in [1.807, 2.05) is 71.4 Å². The number of para-hydroxylation sites is 1. The van der Waals surface area contributed by atoms with Crippen LogP contribution in [-0.2, 0) is 6.54 Å². The minimum absolute atomic E-state index is 0.168. The van der Waals surface area contributed by atoms with Gasteiger partial charge < -0.3 is 14.6 Å². The van der Waals surface area contributed by atoms with E-state index in [1.165, 1.54) is 0 Å². The number of imidazole rings is 1. The highest BCUT2D eigenvalue weighted by Crippen LogP contribution is 2.26. The monoisotopic (exact) mass is 357 g/mol. The molecule has 0 saturated carbocycles. The number of hydrogen-bond acceptors (Lipinski definition) is 3. The number of carbonyl (C=O) groups is 1. The van der Waals surface area contributed by atoms with Gasteiger partial charge in [0.25, 0.3) is 5.91 Å². The lowest BCUT2D eigenvalue weighted by molar-refractivity contribution is 0.0948. The molecule has 0 radical (unpaired) electrons. The largest absolute Gasteiger partial charge is 0.496 e. The Morgan fingerprint density at radius 2 is 1.81 bits per heavy atom. The van der Waals surface area contributed by atoms with E-state index in [1.54, 1.807) is 19.6 Å². The summed E-state index contributed by atoms with van der Waals surface area (Å²) in [6.45, 7) is 0.406. The number of rotatable bonds is 5. The molecule has 27 heavy (non-hydrogen) atoms. The fourth-order valence-corrected chi connectivity index (χ4v) is 3.15. The Kier molecular flexibility index (Phi) is 4.58. The molecule has 0 bridgehead atoms. The Hall–Kier alpha value is -3.60. The smallest absolute Gasteiger partial charge is 0.255 e. The molecule has 0 atom stereocenters. The molecular formula is C22H19N3O2. The molecule has 4 aromatic rings. The predicted molar refractivity (Wildman–Crippen MR) is 105 cm³/mol. The Morgan fingerprint density at radius 1 is 1.07 bits per heavy atom. The Morgan fingerprint density at radius 3 is 2.56 bits per heavy atom. The van der Waals surface area contributed by atoms with Crippen LogP contribution in [0.25, 0.3) is 16.5 Å². The molecule has 1 amide bonds. The molecule has 0 fully saturated rings. The van der Waals surface area contributed by atoms with Crippen LogP contribution in [0.3, 0.4) is 0 Å². The maximum absolute atomic E-state index is 12.8. The molecule has 5 nitrogen and oxygen atoms in total. The minimum Gasteiger partial charge on any atom is -0.496 e. The topological polar surface area (TPSA) is 56.1 Å². The summed E-state index contributed by atoms with van der Waals surface area (Å²) in [5.74, 6) is 0.395. The highest BCUT2D eigenvalue weighted by Gasteiger charge is 2.14. The van der Waals surface area contributed by atoms with Gasteiger partial charge in [-0.1, -0.05) is 42.5 Å².